The zero-order chi connectivity index (χ0) is 17.5. The van der Waals surface area contributed by atoms with Crippen LogP contribution in [-0.2, 0) is 4.74 Å². The van der Waals surface area contributed by atoms with Crippen LogP contribution in [0.25, 0.3) is 10.6 Å². The Morgan fingerprint density at radius 1 is 1.20 bits per heavy atom. The van der Waals surface area contributed by atoms with Gasteiger partial charge in [0.25, 0.3) is 5.91 Å². The lowest BCUT2D eigenvalue weighted by Crippen LogP contribution is -2.33. The first-order valence-corrected chi connectivity index (χ1v) is 8.87. The summed E-state index contributed by atoms with van der Waals surface area (Å²) >= 11 is 1.45. The maximum atomic E-state index is 12.3. The number of hydrogen-bond acceptors (Lipinski definition) is 5. The van der Waals surface area contributed by atoms with Gasteiger partial charge in [-0.15, -0.1) is 23.7 Å². The number of ether oxygens (including phenoxy) is 1. The summed E-state index contributed by atoms with van der Waals surface area (Å²) in [6, 6.07) is 6.28. The molecule has 0 saturated heterocycles. The Morgan fingerprint density at radius 2 is 1.96 bits per heavy atom. The van der Waals surface area contributed by atoms with E-state index < -0.39 is 0 Å². The van der Waals surface area contributed by atoms with Crippen LogP contribution in [-0.4, -0.2) is 44.2 Å². The lowest BCUT2D eigenvalue weighted by atomic mass is 10.1. The first-order valence-electron chi connectivity index (χ1n) is 8.06. The van der Waals surface area contributed by atoms with Crippen molar-refractivity contribution >= 4 is 29.7 Å². The van der Waals surface area contributed by atoms with Gasteiger partial charge in [-0.25, -0.2) is 4.98 Å². The molecule has 1 aromatic carbocycles. The van der Waals surface area contributed by atoms with E-state index in [1.165, 1.54) is 22.5 Å². The zero-order valence-electron chi connectivity index (χ0n) is 15.1. The Bertz CT molecular complexity index is 704. The highest BCUT2D eigenvalue weighted by atomic mass is 35.5. The lowest BCUT2D eigenvalue weighted by Gasteiger charge is -2.05. The number of carbonyl (C=O) groups is 1. The number of carbonyl (C=O) groups excluding carboxylic acids is 1. The van der Waals surface area contributed by atoms with E-state index in [4.69, 9.17) is 4.74 Å². The van der Waals surface area contributed by atoms with E-state index >= 15 is 0 Å². The average molecular weight is 384 g/mol. The molecule has 5 nitrogen and oxygen atoms in total. The molecule has 0 aliphatic carbocycles. The number of hydrogen-bond donors (Lipinski definition) is 2. The van der Waals surface area contributed by atoms with Crippen molar-refractivity contribution in [2.45, 2.75) is 20.8 Å². The second kappa shape index (κ2) is 10.5. The maximum Gasteiger partial charge on any atom is 0.263 e. The molecule has 0 atom stereocenters. The molecule has 0 saturated carbocycles. The van der Waals surface area contributed by atoms with Gasteiger partial charge in [0.1, 0.15) is 9.88 Å². The monoisotopic (exact) mass is 383 g/mol. The van der Waals surface area contributed by atoms with Crippen LogP contribution in [0.15, 0.2) is 18.2 Å². The molecule has 2 rings (SSSR count). The fourth-order valence-electron chi connectivity index (χ4n) is 2.42. The highest BCUT2D eigenvalue weighted by molar-refractivity contribution is 7.17. The number of benzene rings is 1. The highest BCUT2D eigenvalue weighted by Crippen LogP contribution is 2.30. The molecule has 1 amide bonds. The molecular formula is C18H26ClN3O2S. The molecular weight excluding hydrogens is 358 g/mol. The van der Waals surface area contributed by atoms with Gasteiger partial charge in [0.05, 0.1) is 12.3 Å². The smallest absolute Gasteiger partial charge is 0.263 e. The molecule has 0 aliphatic rings. The maximum absolute atomic E-state index is 12.3. The fourth-order valence-corrected chi connectivity index (χ4v) is 3.49. The molecule has 2 N–H and O–H groups in total. The summed E-state index contributed by atoms with van der Waals surface area (Å²) in [5.74, 6) is -0.0606. The van der Waals surface area contributed by atoms with Gasteiger partial charge in [0, 0.05) is 32.3 Å². The summed E-state index contributed by atoms with van der Waals surface area (Å²) in [6.45, 7) is 8.78. The number of nitrogens with one attached hydrogen (secondary N) is 2. The average Bonchev–Trinajstić information content (AvgIpc) is 2.92. The molecule has 0 unspecified atom stereocenters. The Balaban J connectivity index is 0.00000312. The summed E-state index contributed by atoms with van der Waals surface area (Å²) in [5, 5.41) is 7.03. The van der Waals surface area contributed by atoms with Gasteiger partial charge in [-0.05, 0) is 26.3 Å². The van der Waals surface area contributed by atoms with E-state index in [9.17, 15) is 4.79 Å². The number of methoxy groups -OCH3 is 1. The van der Waals surface area contributed by atoms with E-state index in [1.54, 1.807) is 7.11 Å². The second-order valence-corrected chi connectivity index (χ2v) is 6.75. The van der Waals surface area contributed by atoms with Gasteiger partial charge < -0.3 is 15.4 Å². The van der Waals surface area contributed by atoms with Crippen molar-refractivity contribution in [2.75, 3.05) is 33.4 Å². The standard InChI is InChI=1S/C18H25N3O2S.ClH/c1-12-5-6-15(13(2)11-12)18-21-14(3)16(24-18)17(22)20-8-7-19-9-10-23-4;/h5-6,11,19H,7-10H2,1-4H3,(H,20,22);1H. The van der Waals surface area contributed by atoms with E-state index in [2.05, 4.69) is 47.7 Å². The highest BCUT2D eigenvalue weighted by Gasteiger charge is 2.16. The minimum atomic E-state index is -0.0606. The molecule has 0 bridgehead atoms. The predicted octanol–water partition coefficient (Wildman–Crippen LogP) is 3.12. The van der Waals surface area contributed by atoms with Gasteiger partial charge in [-0.1, -0.05) is 23.8 Å². The van der Waals surface area contributed by atoms with Crippen molar-refractivity contribution in [2.24, 2.45) is 0 Å². The summed E-state index contributed by atoms with van der Waals surface area (Å²) in [5.41, 5.74) is 4.27. The van der Waals surface area contributed by atoms with Crippen LogP contribution in [0.2, 0.25) is 0 Å². The summed E-state index contributed by atoms with van der Waals surface area (Å²) in [6.07, 6.45) is 0. The number of aromatic nitrogens is 1. The van der Waals surface area contributed by atoms with Crippen LogP contribution in [0.5, 0.6) is 0 Å². The number of thiazole rings is 1. The van der Waals surface area contributed by atoms with Crippen molar-refractivity contribution in [1.82, 2.24) is 15.6 Å². The Labute approximate surface area is 159 Å². The van der Waals surface area contributed by atoms with Crippen LogP contribution in [0.3, 0.4) is 0 Å². The molecule has 0 spiro atoms. The quantitative estimate of drug-likeness (QED) is 0.687. The van der Waals surface area contributed by atoms with Crippen LogP contribution in [0.4, 0.5) is 0 Å². The van der Waals surface area contributed by atoms with Gasteiger partial charge in [0.2, 0.25) is 0 Å². The first-order chi connectivity index (χ1) is 11.5. The van der Waals surface area contributed by atoms with Crippen LogP contribution >= 0.6 is 23.7 Å². The number of rotatable bonds is 8. The third-order valence-electron chi connectivity index (χ3n) is 3.69. The van der Waals surface area contributed by atoms with Crippen LogP contribution in [0, 0.1) is 20.8 Å². The lowest BCUT2D eigenvalue weighted by molar-refractivity contribution is 0.0957. The molecule has 1 heterocycles. The third-order valence-corrected chi connectivity index (χ3v) is 4.87. The summed E-state index contributed by atoms with van der Waals surface area (Å²) in [4.78, 5) is 17.6. The third kappa shape index (κ3) is 6.08. The molecule has 0 fully saturated rings. The first kappa shape index (κ1) is 21.6. The van der Waals surface area contributed by atoms with Crippen LogP contribution in [0.1, 0.15) is 26.5 Å². The topological polar surface area (TPSA) is 63.2 Å². The van der Waals surface area contributed by atoms with E-state index in [1.807, 2.05) is 6.92 Å². The molecule has 25 heavy (non-hydrogen) atoms. The molecule has 138 valence electrons. The predicted molar refractivity (Wildman–Crippen MR) is 106 cm³/mol. The van der Waals surface area contributed by atoms with Gasteiger partial charge >= 0.3 is 0 Å². The molecule has 1 aromatic heterocycles. The van der Waals surface area contributed by atoms with Crippen molar-refractivity contribution in [1.29, 1.82) is 0 Å². The fraction of sp³-hybridized carbons (Fsp3) is 0.444. The molecule has 2 aromatic rings. The summed E-state index contributed by atoms with van der Waals surface area (Å²) in [7, 11) is 1.67. The van der Waals surface area contributed by atoms with E-state index in [-0.39, 0.29) is 18.3 Å². The Hall–Kier alpha value is -1.47. The Kier molecular flexibility index (Phi) is 9.06. The number of nitrogens with zero attached hydrogens (tertiary/aromatic N) is 1. The number of amides is 1. The minimum Gasteiger partial charge on any atom is -0.383 e. The van der Waals surface area contributed by atoms with Crippen molar-refractivity contribution in [3.05, 3.63) is 39.9 Å². The van der Waals surface area contributed by atoms with Crippen molar-refractivity contribution < 1.29 is 9.53 Å². The molecule has 7 heteroatoms. The van der Waals surface area contributed by atoms with Crippen molar-refractivity contribution in [3.63, 3.8) is 0 Å². The normalized spacial score (nSPS) is 10.4. The van der Waals surface area contributed by atoms with Crippen LogP contribution < -0.4 is 10.6 Å². The van der Waals surface area contributed by atoms with Gasteiger partial charge in [-0.2, -0.15) is 0 Å². The Morgan fingerprint density at radius 3 is 2.64 bits per heavy atom. The number of aryl methyl sites for hydroxylation is 3. The van der Waals surface area contributed by atoms with Crippen molar-refractivity contribution in [3.8, 4) is 10.6 Å². The SMILES string of the molecule is COCCNCCNC(=O)c1sc(-c2ccc(C)cc2C)nc1C.Cl. The second-order valence-electron chi connectivity index (χ2n) is 5.75. The molecule has 0 radical (unpaired) electrons. The van der Waals surface area contributed by atoms with Gasteiger partial charge in [0.15, 0.2) is 0 Å². The van der Waals surface area contributed by atoms with E-state index in [0.717, 1.165) is 29.4 Å². The zero-order valence-corrected chi connectivity index (χ0v) is 16.8. The summed E-state index contributed by atoms with van der Waals surface area (Å²) < 4.78 is 4.96. The number of halogens is 1. The minimum absolute atomic E-state index is 0. The van der Waals surface area contributed by atoms with Gasteiger partial charge in [-0.3, -0.25) is 4.79 Å². The molecule has 0 aliphatic heterocycles. The van der Waals surface area contributed by atoms with E-state index in [0.29, 0.717) is 18.0 Å². The largest absolute Gasteiger partial charge is 0.383 e.